The molecule has 1 aromatic heterocycles. The van der Waals surface area contributed by atoms with E-state index in [9.17, 15) is 0 Å². The summed E-state index contributed by atoms with van der Waals surface area (Å²) >= 11 is 0. The van der Waals surface area contributed by atoms with Crippen molar-refractivity contribution in [2.45, 2.75) is 12.5 Å². The van der Waals surface area contributed by atoms with Crippen LogP contribution >= 0.6 is 0 Å². The van der Waals surface area contributed by atoms with Crippen LogP contribution in [0.4, 0.5) is 0 Å². The third-order valence-corrected chi connectivity index (χ3v) is 3.91. The molecule has 0 fully saturated rings. The molecule has 0 spiro atoms. The zero-order valence-electron chi connectivity index (χ0n) is 13.0. The van der Waals surface area contributed by atoms with Crippen LogP contribution in [0.25, 0.3) is 10.9 Å². The maximum atomic E-state index is 5.42. The van der Waals surface area contributed by atoms with Gasteiger partial charge in [-0.1, -0.05) is 42.5 Å². The molecule has 1 unspecified atom stereocenters. The molecule has 1 N–H and O–H groups in total. The molecule has 0 aliphatic carbocycles. The first-order valence-corrected chi connectivity index (χ1v) is 7.55. The molecular weight excluding hydrogens is 274 g/mol. The lowest BCUT2D eigenvalue weighted by Gasteiger charge is -2.18. The van der Waals surface area contributed by atoms with Crippen molar-refractivity contribution in [1.29, 1.82) is 0 Å². The van der Waals surface area contributed by atoms with Gasteiger partial charge in [0.2, 0.25) is 0 Å². The molecule has 2 aromatic carbocycles. The molecule has 0 amide bonds. The van der Waals surface area contributed by atoms with Crippen LogP contribution in [0.15, 0.2) is 54.7 Å². The minimum Gasteiger partial charge on any atom is -0.494 e. The molecule has 3 rings (SSSR count). The average Bonchev–Trinajstić information content (AvgIpc) is 3.00. The topological polar surface area (TPSA) is 39.1 Å². The Labute approximate surface area is 130 Å². The smallest absolute Gasteiger partial charge is 0.146 e. The van der Waals surface area contributed by atoms with Crippen LogP contribution in [0.1, 0.15) is 18.0 Å². The van der Waals surface area contributed by atoms with E-state index >= 15 is 0 Å². The van der Waals surface area contributed by atoms with Crippen molar-refractivity contribution in [3.05, 3.63) is 60.3 Å². The number of fused-ring (bicyclic) bond motifs is 1. The molecule has 0 saturated carbocycles. The van der Waals surface area contributed by atoms with Gasteiger partial charge in [-0.15, -0.1) is 0 Å². The van der Waals surface area contributed by atoms with Crippen molar-refractivity contribution in [3.8, 4) is 5.75 Å². The van der Waals surface area contributed by atoms with Crippen LogP contribution in [0.3, 0.4) is 0 Å². The fraction of sp³-hybridized carbons (Fsp3) is 0.278. The summed E-state index contributed by atoms with van der Waals surface area (Å²) < 4.78 is 7.47. The van der Waals surface area contributed by atoms with Crippen LogP contribution in [0.5, 0.6) is 5.75 Å². The third kappa shape index (κ3) is 2.83. The van der Waals surface area contributed by atoms with Gasteiger partial charge in [-0.25, -0.2) is 0 Å². The lowest BCUT2D eigenvalue weighted by molar-refractivity contribution is 0.417. The number of methoxy groups -OCH3 is 1. The number of aromatic nitrogens is 2. The Balaban J connectivity index is 2.04. The molecule has 1 atom stereocenters. The van der Waals surface area contributed by atoms with Gasteiger partial charge in [0.05, 0.1) is 13.2 Å². The number of hydrogen-bond acceptors (Lipinski definition) is 3. The highest BCUT2D eigenvalue weighted by Crippen LogP contribution is 2.28. The second-order valence-electron chi connectivity index (χ2n) is 5.33. The van der Waals surface area contributed by atoms with E-state index in [-0.39, 0.29) is 6.04 Å². The number of rotatable bonds is 6. The molecule has 1 heterocycles. The van der Waals surface area contributed by atoms with E-state index in [1.54, 1.807) is 7.11 Å². The largest absolute Gasteiger partial charge is 0.494 e. The summed E-state index contributed by atoms with van der Waals surface area (Å²) in [7, 11) is 3.66. The van der Waals surface area contributed by atoms with E-state index < -0.39 is 0 Å². The molecule has 0 bridgehead atoms. The summed E-state index contributed by atoms with van der Waals surface area (Å²) in [6, 6.07) is 16.7. The molecule has 0 aliphatic rings. The van der Waals surface area contributed by atoms with E-state index in [1.165, 1.54) is 5.56 Å². The van der Waals surface area contributed by atoms with Gasteiger partial charge in [0.1, 0.15) is 11.3 Å². The van der Waals surface area contributed by atoms with Crippen molar-refractivity contribution < 1.29 is 4.74 Å². The molecule has 4 nitrogen and oxygen atoms in total. The third-order valence-electron chi connectivity index (χ3n) is 3.91. The molecule has 3 aromatic rings. The van der Waals surface area contributed by atoms with Gasteiger partial charge in [-0.05, 0) is 31.6 Å². The maximum Gasteiger partial charge on any atom is 0.146 e. The first-order valence-electron chi connectivity index (χ1n) is 7.55. The zero-order valence-corrected chi connectivity index (χ0v) is 13.0. The summed E-state index contributed by atoms with van der Waals surface area (Å²) in [4.78, 5) is 0. The van der Waals surface area contributed by atoms with Gasteiger partial charge in [0.25, 0.3) is 0 Å². The predicted octanol–water partition coefficient (Wildman–Crippen LogP) is 3.24. The Morgan fingerprint density at radius 3 is 2.68 bits per heavy atom. The normalized spacial score (nSPS) is 12.5. The quantitative estimate of drug-likeness (QED) is 0.759. The van der Waals surface area contributed by atoms with Crippen LogP contribution in [0, 0.1) is 0 Å². The molecular formula is C18H21N3O. The SMILES string of the molecule is CNCCC(c1ccccc1)n1cc2cccc(OC)c2n1. The van der Waals surface area contributed by atoms with E-state index in [0.29, 0.717) is 0 Å². The van der Waals surface area contributed by atoms with E-state index in [0.717, 1.165) is 29.6 Å². The summed E-state index contributed by atoms with van der Waals surface area (Å²) in [6.07, 6.45) is 3.09. The monoisotopic (exact) mass is 295 g/mol. The first kappa shape index (κ1) is 14.6. The summed E-state index contributed by atoms with van der Waals surface area (Å²) in [5, 5.41) is 9.11. The Morgan fingerprint density at radius 1 is 1.14 bits per heavy atom. The summed E-state index contributed by atoms with van der Waals surface area (Å²) in [6.45, 7) is 0.937. The zero-order chi connectivity index (χ0) is 15.4. The number of hydrogen-bond donors (Lipinski definition) is 1. The maximum absolute atomic E-state index is 5.42. The second-order valence-corrected chi connectivity index (χ2v) is 5.33. The van der Waals surface area contributed by atoms with Gasteiger partial charge >= 0.3 is 0 Å². The van der Waals surface area contributed by atoms with Gasteiger partial charge in [-0.2, -0.15) is 5.10 Å². The van der Waals surface area contributed by atoms with E-state index in [4.69, 9.17) is 9.84 Å². The van der Waals surface area contributed by atoms with Crippen molar-refractivity contribution >= 4 is 10.9 Å². The molecule has 4 heteroatoms. The average molecular weight is 295 g/mol. The van der Waals surface area contributed by atoms with Crippen LogP contribution < -0.4 is 10.1 Å². The lowest BCUT2D eigenvalue weighted by Crippen LogP contribution is -2.18. The highest BCUT2D eigenvalue weighted by molar-refractivity contribution is 5.84. The minimum absolute atomic E-state index is 0.214. The van der Waals surface area contributed by atoms with Gasteiger partial charge in [0.15, 0.2) is 0 Å². The fourth-order valence-corrected chi connectivity index (χ4v) is 2.77. The van der Waals surface area contributed by atoms with Gasteiger partial charge in [-0.3, -0.25) is 4.68 Å². The molecule has 0 aliphatic heterocycles. The highest BCUT2D eigenvalue weighted by Gasteiger charge is 2.16. The number of nitrogens with zero attached hydrogens (tertiary/aromatic N) is 2. The van der Waals surface area contributed by atoms with Gasteiger partial charge < -0.3 is 10.1 Å². The molecule has 114 valence electrons. The minimum atomic E-state index is 0.214. The Morgan fingerprint density at radius 2 is 1.95 bits per heavy atom. The number of nitrogens with one attached hydrogen (secondary N) is 1. The fourth-order valence-electron chi connectivity index (χ4n) is 2.77. The van der Waals surface area contributed by atoms with Crippen molar-refractivity contribution in [1.82, 2.24) is 15.1 Å². The predicted molar refractivity (Wildman–Crippen MR) is 89.4 cm³/mol. The molecule has 0 saturated heterocycles. The molecule has 0 radical (unpaired) electrons. The number of benzene rings is 2. The van der Waals surface area contributed by atoms with Crippen LogP contribution in [-0.4, -0.2) is 30.5 Å². The van der Waals surface area contributed by atoms with Crippen LogP contribution in [-0.2, 0) is 0 Å². The first-order chi connectivity index (χ1) is 10.8. The van der Waals surface area contributed by atoms with Gasteiger partial charge in [0, 0.05) is 11.6 Å². The Hall–Kier alpha value is -2.33. The highest BCUT2D eigenvalue weighted by atomic mass is 16.5. The second kappa shape index (κ2) is 6.62. The summed E-state index contributed by atoms with van der Waals surface area (Å²) in [5.74, 6) is 0.816. The standard InChI is InChI=1S/C18H21N3O/c1-19-12-11-16(14-7-4-3-5-8-14)21-13-15-9-6-10-17(22-2)18(15)20-21/h3-10,13,16,19H,11-12H2,1-2H3. The lowest BCUT2D eigenvalue weighted by atomic mass is 10.0. The Kier molecular flexibility index (Phi) is 4.39. The van der Waals surface area contributed by atoms with E-state index in [1.807, 2.05) is 25.2 Å². The van der Waals surface area contributed by atoms with E-state index in [2.05, 4.69) is 46.5 Å². The van der Waals surface area contributed by atoms with Crippen molar-refractivity contribution in [2.24, 2.45) is 0 Å². The van der Waals surface area contributed by atoms with Crippen LogP contribution in [0.2, 0.25) is 0 Å². The van der Waals surface area contributed by atoms with Crippen molar-refractivity contribution in [3.63, 3.8) is 0 Å². The van der Waals surface area contributed by atoms with Crippen molar-refractivity contribution in [2.75, 3.05) is 20.7 Å². The summed E-state index contributed by atoms with van der Waals surface area (Å²) in [5.41, 5.74) is 2.18. The molecule has 22 heavy (non-hydrogen) atoms. The number of ether oxygens (including phenoxy) is 1. The Bertz CT molecular complexity index is 736.